The Morgan fingerprint density at radius 2 is 2.08 bits per heavy atom. The van der Waals surface area contributed by atoms with Gasteiger partial charge >= 0.3 is 0 Å². The van der Waals surface area contributed by atoms with Crippen molar-refractivity contribution in [1.82, 2.24) is 15.9 Å². The third-order valence-electron chi connectivity index (χ3n) is 2.63. The van der Waals surface area contributed by atoms with Crippen LogP contribution in [-0.2, 0) is 0 Å². The van der Waals surface area contributed by atoms with Crippen molar-refractivity contribution in [2.75, 3.05) is 0 Å². The van der Waals surface area contributed by atoms with Gasteiger partial charge in [0.1, 0.15) is 5.62 Å². The molecule has 1 aliphatic heterocycles. The lowest BCUT2D eigenvalue weighted by atomic mass is 9.90. The average molecular weight is 191 g/mol. The summed E-state index contributed by atoms with van der Waals surface area (Å²) in [5.41, 5.74) is 2.21. The normalized spacial score (nSPS) is 44.0. The molecule has 4 nitrogen and oxygen atoms in total. The zero-order chi connectivity index (χ0) is 8.55. The van der Waals surface area contributed by atoms with Crippen molar-refractivity contribution in [3.63, 3.8) is 0 Å². The molecular formula is C7H13ClN3O-. The van der Waals surface area contributed by atoms with Gasteiger partial charge in [-0.3, -0.25) is 5.32 Å². The van der Waals surface area contributed by atoms with Crippen LogP contribution in [0.15, 0.2) is 0 Å². The standard InChI is InChI=1S/C7H13ClN3O/c8-7-9-5-3-1-2-4-6(5)11(12)10-7/h5-7,9-10H,1-4H2/q-1. The quantitative estimate of drug-likeness (QED) is 0.437. The zero-order valence-electron chi connectivity index (χ0n) is 6.79. The second-order valence-corrected chi connectivity index (χ2v) is 3.88. The van der Waals surface area contributed by atoms with E-state index in [1.807, 2.05) is 0 Å². The van der Waals surface area contributed by atoms with Gasteiger partial charge < -0.3 is 10.4 Å². The Balaban J connectivity index is 2.01. The maximum Gasteiger partial charge on any atom is 0.147 e. The van der Waals surface area contributed by atoms with Crippen LogP contribution in [-0.4, -0.2) is 22.9 Å². The number of halogens is 1. The van der Waals surface area contributed by atoms with E-state index in [4.69, 9.17) is 11.6 Å². The summed E-state index contributed by atoms with van der Waals surface area (Å²) in [5, 5.41) is 15.4. The number of hydrazine groups is 1. The first-order valence-corrected chi connectivity index (χ1v) is 4.83. The maximum atomic E-state index is 11.3. The highest BCUT2D eigenvalue weighted by Crippen LogP contribution is 2.24. The van der Waals surface area contributed by atoms with Gasteiger partial charge in [0.05, 0.1) is 0 Å². The van der Waals surface area contributed by atoms with Gasteiger partial charge in [0.15, 0.2) is 0 Å². The van der Waals surface area contributed by atoms with Crippen molar-refractivity contribution in [2.24, 2.45) is 0 Å². The monoisotopic (exact) mass is 190 g/mol. The van der Waals surface area contributed by atoms with Crippen molar-refractivity contribution in [2.45, 2.75) is 43.4 Å². The minimum absolute atomic E-state index is 0.0775. The lowest BCUT2D eigenvalue weighted by molar-refractivity contribution is 0.0616. The molecule has 0 bridgehead atoms. The zero-order valence-corrected chi connectivity index (χ0v) is 7.55. The van der Waals surface area contributed by atoms with Crippen LogP contribution in [0.4, 0.5) is 0 Å². The Hall–Kier alpha value is 0.130. The number of alkyl halides is 1. The van der Waals surface area contributed by atoms with E-state index in [-0.39, 0.29) is 12.1 Å². The van der Waals surface area contributed by atoms with Crippen molar-refractivity contribution < 1.29 is 0 Å². The number of fused-ring (bicyclic) bond motifs is 1. The minimum atomic E-state index is -0.401. The molecule has 0 radical (unpaired) electrons. The van der Waals surface area contributed by atoms with Crippen LogP contribution in [0.3, 0.4) is 0 Å². The fourth-order valence-corrected chi connectivity index (χ4v) is 2.28. The van der Waals surface area contributed by atoms with Gasteiger partial charge in [0, 0.05) is 12.1 Å². The Kier molecular flexibility index (Phi) is 2.52. The summed E-state index contributed by atoms with van der Waals surface area (Å²) in [6, 6.07) is 0.355. The molecule has 0 aromatic heterocycles. The third-order valence-corrected chi connectivity index (χ3v) is 2.86. The molecule has 1 heterocycles. The molecule has 0 spiro atoms. The number of hydrogen-bond acceptors (Lipinski definition) is 4. The molecule has 2 fully saturated rings. The van der Waals surface area contributed by atoms with E-state index < -0.39 is 5.62 Å². The van der Waals surface area contributed by atoms with Gasteiger partial charge in [0.2, 0.25) is 0 Å². The Morgan fingerprint density at radius 1 is 1.33 bits per heavy atom. The smallest absolute Gasteiger partial charge is 0.147 e. The number of rotatable bonds is 0. The topological polar surface area (TPSA) is 50.4 Å². The van der Waals surface area contributed by atoms with Gasteiger partial charge in [-0.1, -0.05) is 24.4 Å². The van der Waals surface area contributed by atoms with Crippen LogP contribution >= 0.6 is 11.6 Å². The largest absolute Gasteiger partial charge is 0.771 e. The summed E-state index contributed by atoms with van der Waals surface area (Å²) in [6.07, 6.45) is 4.38. The molecule has 0 amide bonds. The summed E-state index contributed by atoms with van der Waals surface area (Å²) in [4.78, 5) is 0. The van der Waals surface area contributed by atoms with Gasteiger partial charge in [-0.05, 0) is 12.8 Å². The van der Waals surface area contributed by atoms with Crippen molar-refractivity contribution in [3.8, 4) is 0 Å². The Bertz CT molecular complexity index is 169. The molecule has 5 heteroatoms. The second kappa shape index (κ2) is 3.47. The Labute approximate surface area is 76.8 Å². The molecule has 3 atom stereocenters. The molecular weight excluding hydrogens is 178 g/mol. The van der Waals surface area contributed by atoms with Crippen LogP contribution in [0, 0.1) is 5.21 Å². The SMILES string of the molecule is [O-]N1NC(Cl)NC2CCCCC21. The van der Waals surface area contributed by atoms with E-state index in [0.717, 1.165) is 24.4 Å². The third kappa shape index (κ3) is 1.58. The first-order chi connectivity index (χ1) is 5.77. The van der Waals surface area contributed by atoms with Crippen LogP contribution in [0.25, 0.3) is 0 Å². The van der Waals surface area contributed by atoms with E-state index >= 15 is 0 Å². The van der Waals surface area contributed by atoms with Gasteiger partial charge in [-0.25, -0.2) is 5.43 Å². The van der Waals surface area contributed by atoms with Crippen molar-refractivity contribution in [3.05, 3.63) is 5.21 Å². The molecule has 1 aliphatic carbocycles. The fourth-order valence-electron chi connectivity index (χ4n) is 2.02. The van der Waals surface area contributed by atoms with Crippen LogP contribution in [0.1, 0.15) is 25.7 Å². The maximum absolute atomic E-state index is 11.3. The lowest BCUT2D eigenvalue weighted by Crippen LogP contribution is -2.65. The fraction of sp³-hybridized carbons (Fsp3) is 1.00. The van der Waals surface area contributed by atoms with Crippen LogP contribution < -0.4 is 10.7 Å². The second-order valence-electron chi connectivity index (χ2n) is 3.44. The van der Waals surface area contributed by atoms with Gasteiger partial charge in [0.25, 0.3) is 0 Å². The molecule has 1 saturated heterocycles. The van der Waals surface area contributed by atoms with Crippen molar-refractivity contribution >= 4 is 11.6 Å². The molecule has 3 unspecified atom stereocenters. The average Bonchev–Trinajstić information content (AvgIpc) is 2.04. The van der Waals surface area contributed by atoms with Gasteiger partial charge in [-0.2, -0.15) is 0 Å². The molecule has 12 heavy (non-hydrogen) atoms. The highest BCUT2D eigenvalue weighted by atomic mass is 35.5. The number of hydrogen-bond donors (Lipinski definition) is 2. The van der Waals surface area contributed by atoms with E-state index in [1.54, 1.807) is 0 Å². The summed E-state index contributed by atoms with van der Waals surface area (Å²) in [7, 11) is 0. The molecule has 2 aliphatic rings. The number of hydroxylamine groups is 1. The summed E-state index contributed by atoms with van der Waals surface area (Å²) < 4.78 is 0. The number of nitrogens with one attached hydrogen (secondary N) is 2. The van der Waals surface area contributed by atoms with Crippen LogP contribution in [0.5, 0.6) is 0 Å². The predicted molar refractivity (Wildman–Crippen MR) is 47.2 cm³/mol. The first kappa shape index (κ1) is 8.72. The predicted octanol–water partition coefficient (Wildman–Crippen LogP) is 0.728. The minimum Gasteiger partial charge on any atom is -0.771 e. The Morgan fingerprint density at radius 3 is 2.92 bits per heavy atom. The van der Waals surface area contributed by atoms with E-state index in [0.29, 0.717) is 0 Å². The molecule has 2 rings (SSSR count). The highest BCUT2D eigenvalue weighted by molar-refractivity contribution is 6.20. The summed E-state index contributed by atoms with van der Waals surface area (Å²) in [5.74, 6) is 0. The van der Waals surface area contributed by atoms with E-state index in [9.17, 15) is 5.21 Å². The molecule has 2 N–H and O–H groups in total. The highest BCUT2D eigenvalue weighted by Gasteiger charge is 2.31. The molecule has 0 aromatic rings. The van der Waals surface area contributed by atoms with E-state index in [1.165, 1.54) is 6.42 Å². The summed E-state index contributed by atoms with van der Waals surface area (Å²) >= 11 is 5.77. The van der Waals surface area contributed by atoms with Crippen LogP contribution in [0.2, 0.25) is 0 Å². The lowest BCUT2D eigenvalue weighted by Gasteiger charge is -2.50. The summed E-state index contributed by atoms with van der Waals surface area (Å²) in [6.45, 7) is 0. The molecule has 0 aromatic carbocycles. The molecule has 1 saturated carbocycles. The number of nitrogens with zero attached hydrogens (tertiary/aromatic N) is 1. The van der Waals surface area contributed by atoms with Gasteiger partial charge in [-0.15, -0.1) is 0 Å². The molecule has 70 valence electrons. The first-order valence-electron chi connectivity index (χ1n) is 4.40. The van der Waals surface area contributed by atoms with Crippen molar-refractivity contribution in [1.29, 1.82) is 0 Å². The van der Waals surface area contributed by atoms with E-state index in [2.05, 4.69) is 10.7 Å².